The molecule has 37 heavy (non-hydrogen) atoms. The van der Waals surface area contributed by atoms with Gasteiger partial charge in [0.25, 0.3) is 0 Å². The van der Waals surface area contributed by atoms with Gasteiger partial charge in [-0.3, -0.25) is 9.97 Å². The van der Waals surface area contributed by atoms with Crippen LogP contribution in [-0.4, -0.2) is 23.9 Å². The monoisotopic (exact) mass is 525 g/mol. The summed E-state index contributed by atoms with van der Waals surface area (Å²) in [5, 5.41) is 0. The molecular formula is C28H26F3N3O2S. The lowest BCUT2D eigenvalue weighted by molar-refractivity contribution is -0.137. The number of sulfonamides is 1. The molecule has 2 heterocycles. The van der Waals surface area contributed by atoms with Crippen molar-refractivity contribution in [1.29, 1.82) is 0 Å². The second kappa shape index (κ2) is 9.72. The minimum absolute atomic E-state index is 0.142. The van der Waals surface area contributed by atoms with Crippen molar-refractivity contribution < 1.29 is 21.6 Å². The average molecular weight is 526 g/mol. The van der Waals surface area contributed by atoms with Crippen LogP contribution in [0.15, 0.2) is 84.0 Å². The molecule has 2 aromatic carbocycles. The van der Waals surface area contributed by atoms with E-state index < -0.39 is 27.3 Å². The van der Waals surface area contributed by atoms with Crippen LogP contribution in [-0.2, 0) is 16.2 Å². The van der Waals surface area contributed by atoms with Crippen LogP contribution in [0.5, 0.6) is 0 Å². The minimum Gasteiger partial charge on any atom is -0.263 e. The molecule has 4 aromatic rings. The number of rotatable bonds is 5. The molecule has 0 spiro atoms. The highest BCUT2D eigenvalue weighted by Gasteiger charge is 2.30. The molecule has 2 aromatic heterocycles. The smallest absolute Gasteiger partial charge is 0.263 e. The minimum atomic E-state index is -4.40. The van der Waals surface area contributed by atoms with Gasteiger partial charge < -0.3 is 0 Å². The average Bonchev–Trinajstić information content (AvgIpc) is 2.82. The van der Waals surface area contributed by atoms with E-state index in [4.69, 9.17) is 0 Å². The molecule has 0 fully saturated rings. The van der Waals surface area contributed by atoms with E-state index in [2.05, 4.69) is 14.7 Å². The van der Waals surface area contributed by atoms with E-state index in [1.807, 2.05) is 13.0 Å². The first-order chi connectivity index (χ1) is 17.2. The van der Waals surface area contributed by atoms with Crippen molar-refractivity contribution >= 4 is 10.0 Å². The van der Waals surface area contributed by atoms with Crippen LogP contribution in [0.25, 0.3) is 33.5 Å². The number of nitrogens with zero attached hydrogens (tertiary/aromatic N) is 2. The highest BCUT2D eigenvalue weighted by Crippen LogP contribution is 2.33. The fraction of sp³-hybridized carbons (Fsp3) is 0.214. The Morgan fingerprint density at radius 1 is 0.757 bits per heavy atom. The summed E-state index contributed by atoms with van der Waals surface area (Å²) in [6.07, 6.45) is -1.12. The highest BCUT2D eigenvalue weighted by atomic mass is 32.2. The van der Waals surface area contributed by atoms with Crippen LogP contribution in [0.3, 0.4) is 0 Å². The molecule has 0 bridgehead atoms. The molecule has 0 unspecified atom stereocenters. The Labute approximate surface area is 214 Å². The molecule has 5 nitrogen and oxygen atoms in total. The van der Waals surface area contributed by atoms with Gasteiger partial charge in [-0.05, 0) is 86.8 Å². The number of aryl methyl sites for hydroxylation is 1. The molecule has 192 valence electrons. The lowest BCUT2D eigenvalue weighted by atomic mass is 10.00. The zero-order chi connectivity index (χ0) is 27.0. The Bertz CT molecular complexity index is 1540. The van der Waals surface area contributed by atoms with Crippen LogP contribution in [0.2, 0.25) is 0 Å². The van der Waals surface area contributed by atoms with Crippen LogP contribution >= 0.6 is 0 Å². The Balaban J connectivity index is 1.70. The van der Waals surface area contributed by atoms with E-state index in [1.165, 1.54) is 18.2 Å². The number of hydrogen-bond donors (Lipinski definition) is 1. The molecule has 0 saturated heterocycles. The topological polar surface area (TPSA) is 72.0 Å². The quantitative estimate of drug-likeness (QED) is 0.308. The van der Waals surface area contributed by atoms with Crippen molar-refractivity contribution in [3.8, 4) is 33.5 Å². The summed E-state index contributed by atoms with van der Waals surface area (Å²) in [5.41, 5.74) is 3.37. The maximum Gasteiger partial charge on any atom is 0.416 e. The van der Waals surface area contributed by atoms with Crippen molar-refractivity contribution in [1.82, 2.24) is 14.7 Å². The van der Waals surface area contributed by atoms with Crippen molar-refractivity contribution in [2.24, 2.45) is 0 Å². The van der Waals surface area contributed by atoms with E-state index in [9.17, 15) is 21.6 Å². The molecular weight excluding hydrogens is 499 g/mol. The maximum atomic E-state index is 13.0. The number of hydrogen-bond acceptors (Lipinski definition) is 4. The summed E-state index contributed by atoms with van der Waals surface area (Å²) in [6.45, 7) is 7.13. The molecule has 0 radical (unpaired) electrons. The van der Waals surface area contributed by atoms with Gasteiger partial charge in [0.05, 0.1) is 16.2 Å². The lowest BCUT2D eigenvalue weighted by Crippen LogP contribution is -2.40. The number of nitrogens with one attached hydrogen (secondary N) is 1. The van der Waals surface area contributed by atoms with E-state index in [0.717, 1.165) is 17.7 Å². The Morgan fingerprint density at radius 2 is 1.43 bits per heavy atom. The molecule has 0 amide bonds. The zero-order valence-corrected chi connectivity index (χ0v) is 21.6. The molecule has 0 aliphatic carbocycles. The summed E-state index contributed by atoms with van der Waals surface area (Å²) < 4.78 is 67.1. The number of aromatic nitrogens is 2. The van der Waals surface area contributed by atoms with E-state index in [0.29, 0.717) is 33.6 Å². The van der Waals surface area contributed by atoms with Crippen molar-refractivity contribution in [3.63, 3.8) is 0 Å². The predicted molar refractivity (Wildman–Crippen MR) is 138 cm³/mol. The van der Waals surface area contributed by atoms with Gasteiger partial charge in [0, 0.05) is 34.8 Å². The van der Waals surface area contributed by atoms with Gasteiger partial charge in [0.2, 0.25) is 10.0 Å². The van der Waals surface area contributed by atoms with Gasteiger partial charge in [-0.1, -0.05) is 24.3 Å². The Hall–Kier alpha value is -3.56. The summed E-state index contributed by atoms with van der Waals surface area (Å²) in [6, 6.07) is 17.0. The van der Waals surface area contributed by atoms with Crippen LogP contribution in [0, 0.1) is 6.92 Å². The number of pyridine rings is 2. The van der Waals surface area contributed by atoms with Crippen LogP contribution in [0.1, 0.15) is 32.0 Å². The first kappa shape index (κ1) is 26.5. The molecule has 0 aliphatic rings. The number of benzene rings is 2. The first-order valence-corrected chi connectivity index (χ1v) is 13.0. The standard InChI is InChI=1S/C28H26F3N3O2S/c1-18-12-21(19-8-10-24(11-9-19)28(29,30)31)15-26(33-18)23-13-22(16-32-17-23)20-6-5-7-25(14-20)37(35,36)34-27(2,3)4/h5-17,34H,1-4H3. The van der Waals surface area contributed by atoms with Crippen molar-refractivity contribution in [3.05, 3.63) is 90.4 Å². The zero-order valence-electron chi connectivity index (χ0n) is 20.8. The van der Waals surface area contributed by atoms with Gasteiger partial charge >= 0.3 is 6.18 Å². The second-order valence-corrected chi connectivity index (χ2v) is 11.5. The van der Waals surface area contributed by atoms with Gasteiger partial charge in [-0.15, -0.1) is 0 Å². The van der Waals surface area contributed by atoms with Gasteiger partial charge in [0.15, 0.2) is 0 Å². The van der Waals surface area contributed by atoms with Crippen molar-refractivity contribution in [2.45, 2.75) is 44.3 Å². The SMILES string of the molecule is Cc1cc(-c2ccc(C(F)(F)F)cc2)cc(-c2cncc(-c3cccc(S(=O)(=O)NC(C)(C)C)c3)c2)n1. The Morgan fingerprint density at radius 3 is 2.08 bits per heavy atom. The molecule has 0 atom stereocenters. The molecule has 1 N–H and O–H groups in total. The Kier molecular flexibility index (Phi) is 6.96. The predicted octanol–water partition coefficient (Wildman–Crippen LogP) is 6.88. The normalized spacial score (nSPS) is 12.5. The summed E-state index contributed by atoms with van der Waals surface area (Å²) >= 11 is 0. The molecule has 9 heteroatoms. The fourth-order valence-corrected chi connectivity index (χ4v) is 5.34. The number of halogens is 3. The van der Waals surface area contributed by atoms with Crippen molar-refractivity contribution in [2.75, 3.05) is 0 Å². The number of alkyl halides is 3. The summed E-state index contributed by atoms with van der Waals surface area (Å²) in [7, 11) is -3.72. The summed E-state index contributed by atoms with van der Waals surface area (Å²) in [5.74, 6) is 0. The summed E-state index contributed by atoms with van der Waals surface area (Å²) in [4.78, 5) is 9.06. The van der Waals surface area contributed by atoms with Gasteiger partial charge in [-0.25, -0.2) is 13.1 Å². The van der Waals surface area contributed by atoms with Gasteiger partial charge in [0.1, 0.15) is 0 Å². The van der Waals surface area contributed by atoms with Gasteiger partial charge in [-0.2, -0.15) is 13.2 Å². The third kappa shape index (κ3) is 6.42. The molecule has 0 saturated carbocycles. The van der Waals surface area contributed by atoms with E-state index in [-0.39, 0.29) is 4.90 Å². The van der Waals surface area contributed by atoms with E-state index >= 15 is 0 Å². The largest absolute Gasteiger partial charge is 0.416 e. The lowest BCUT2D eigenvalue weighted by Gasteiger charge is -2.20. The van der Waals surface area contributed by atoms with Crippen LogP contribution < -0.4 is 4.72 Å². The molecule has 0 aliphatic heterocycles. The fourth-order valence-electron chi connectivity index (χ4n) is 3.88. The maximum absolute atomic E-state index is 13.0. The molecule has 4 rings (SSSR count). The van der Waals surface area contributed by atoms with E-state index in [1.54, 1.807) is 63.5 Å². The van der Waals surface area contributed by atoms with Crippen LogP contribution in [0.4, 0.5) is 13.2 Å². The highest BCUT2D eigenvalue weighted by molar-refractivity contribution is 7.89. The second-order valence-electron chi connectivity index (χ2n) is 9.80. The third-order valence-electron chi connectivity index (χ3n) is 5.45. The first-order valence-electron chi connectivity index (χ1n) is 11.5. The third-order valence-corrected chi connectivity index (χ3v) is 7.21.